The highest BCUT2D eigenvalue weighted by atomic mass is 127. The molecule has 0 bridgehead atoms. The quantitative estimate of drug-likeness (QED) is 0.577. The maximum atomic E-state index is 12.3. The van der Waals surface area contributed by atoms with Crippen LogP contribution in [-0.2, 0) is 9.53 Å². The van der Waals surface area contributed by atoms with Gasteiger partial charge in [-0.15, -0.1) is 0 Å². The standard InChI is InChI=1S/C16H20INO3/c1-11-4-3-5-12(2)18(11)15(19)10-21-16(20)13-6-8-14(17)9-7-13/h6-9,11-12H,3-5,10H2,1-2H3. The lowest BCUT2D eigenvalue weighted by Crippen LogP contribution is -2.49. The highest BCUT2D eigenvalue weighted by Crippen LogP contribution is 2.22. The molecule has 1 aliphatic heterocycles. The van der Waals surface area contributed by atoms with Crippen molar-refractivity contribution in [3.05, 3.63) is 33.4 Å². The maximum Gasteiger partial charge on any atom is 0.338 e. The van der Waals surface area contributed by atoms with Gasteiger partial charge in [0.2, 0.25) is 0 Å². The second kappa shape index (κ2) is 7.24. The molecule has 1 fully saturated rings. The first-order valence-corrected chi connectivity index (χ1v) is 8.30. The zero-order chi connectivity index (χ0) is 15.4. The van der Waals surface area contributed by atoms with E-state index in [4.69, 9.17) is 4.74 Å². The number of hydrogen-bond acceptors (Lipinski definition) is 3. The van der Waals surface area contributed by atoms with Crippen molar-refractivity contribution >= 4 is 34.5 Å². The summed E-state index contributed by atoms with van der Waals surface area (Å²) >= 11 is 2.17. The van der Waals surface area contributed by atoms with Crippen molar-refractivity contribution in [3.8, 4) is 0 Å². The third-order valence-electron chi connectivity index (χ3n) is 3.89. The molecule has 1 aliphatic rings. The van der Waals surface area contributed by atoms with Crippen LogP contribution in [0.15, 0.2) is 24.3 Å². The molecule has 1 aromatic rings. The largest absolute Gasteiger partial charge is 0.452 e. The number of benzene rings is 1. The highest BCUT2D eigenvalue weighted by Gasteiger charge is 2.29. The van der Waals surface area contributed by atoms with Gasteiger partial charge in [0.15, 0.2) is 6.61 Å². The van der Waals surface area contributed by atoms with Gasteiger partial charge in [-0.25, -0.2) is 4.79 Å². The van der Waals surface area contributed by atoms with Crippen LogP contribution in [0.25, 0.3) is 0 Å². The van der Waals surface area contributed by atoms with E-state index in [2.05, 4.69) is 36.4 Å². The van der Waals surface area contributed by atoms with Gasteiger partial charge < -0.3 is 9.64 Å². The molecule has 2 rings (SSSR count). The molecule has 0 aromatic heterocycles. The Kier molecular flexibility index (Phi) is 5.61. The highest BCUT2D eigenvalue weighted by molar-refractivity contribution is 14.1. The Balaban J connectivity index is 1.91. The van der Waals surface area contributed by atoms with Crippen LogP contribution in [-0.4, -0.2) is 35.5 Å². The molecule has 2 atom stereocenters. The number of amides is 1. The van der Waals surface area contributed by atoms with Gasteiger partial charge >= 0.3 is 5.97 Å². The third-order valence-corrected chi connectivity index (χ3v) is 4.61. The number of nitrogens with zero attached hydrogens (tertiary/aromatic N) is 1. The molecule has 114 valence electrons. The molecule has 1 amide bonds. The number of carbonyl (C=O) groups is 2. The van der Waals surface area contributed by atoms with E-state index < -0.39 is 5.97 Å². The molecule has 1 heterocycles. The summed E-state index contributed by atoms with van der Waals surface area (Å²) in [6.45, 7) is 3.92. The fraction of sp³-hybridized carbons (Fsp3) is 0.500. The number of esters is 1. The van der Waals surface area contributed by atoms with Gasteiger partial charge in [-0.05, 0) is 80.0 Å². The van der Waals surface area contributed by atoms with Crippen LogP contribution in [0, 0.1) is 3.57 Å². The average molecular weight is 401 g/mol. The molecule has 4 nitrogen and oxygen atoms in total. The number of hydrogen-bond donors (Lipinski definition) is 0. The van der Waals surface area contributed by atoms with E-state index in [1.807, 2.05) is 17.0 Å². The van der Waals surface area contributed by atoms with Gasteiger partial charge in [0.1, 0.15) is 0 Å². The van der Waals surface area contributed by atoms with Crippen LogP contribution in [0.4, 0.5) is 0 Å². The van der Waals surface area contributed by atoms with Crippen LogP contribution >= 0.6 is 22.6 Å². The second-order valence-electron chi connectivity index (χ2n) is 5.51. The lowest BCUT2D eigenvalue weighted by molar-refractivity contribution is -0.140. The first-order valence-electron chi connectivity index (χ1n) is 7.23. The topological polar surface area (TPSA) is 46.6 Å². The molecule has 0 saturated carbocycles. The zero-order valence-electron chi connectivity index (χ0n) is 12.3. The molecule has 0 radical (unpaired) electrons. The predicted molar refractivity (Wildman–Crippen MR) is 89.1 cm³/mol. The Morgan fingerprint density at radius 2 is 1.76 bits per heavy atom. The van der Waals surface area contributed by atoms with Crippen molar-refractivity contribution < 1.29 is 14.3 Å². The summed E-state index contributed by atoms with van der Waals surface area (Å²) in [5.74, 6) is -0.550. The first kappa shape index (κ1) is 16.3. The molecule has 21 heavy (non-hydrogen) atoms. The Morgan fingerprint density at radius 1 is 1.19 bits per heavy atom. The smallest absolute Gasteiger partial charge is 0.338 e. The summed E-state index contributed by atoms with van der Waals surface area (Å²) in [7, 11) is 0. The van der Waals surface area contributed by atoms with Crippen LogP contribution in [0.3, 0.4) is 0 Å². The molecule has 5 heteroatoms. The van der Waals surface area contributed by atoms with Gasteiger partial charge in [0.25, 0.3) is 5.91 Å². The maximum absolute atomic E-state index is 12.3. The first-order chi connectivity index (χ1) is 9.99. The molecule has 2 unspecified atom stereocenters. The minimum atomic E-state index is -0.447. The number of carbonyl (C=O) groups excluding carboxylic acids is 2. The van der Waals surface area contributed by atoms with E-state index in [9.17, 15) is 9.59 Å². The Labute approximate surface area is 139 Å². The lowest BCUT2D eigenvalue weighted by Gasteiger charge is -2.38. The number of halogens is 1. The van der Waals surface area contributed by atoms with Crippen molar-refractivity contribution in [1.82, 2.24) is 4.90 Å². The van der Waals surface area contributed by atoms with E-state index in [1.165, 1.54) is 0 Å². The van der Waals surface area contributed by atoms with Gasteiger partial charge in [-0.2, -0.15) is 0 Å². The molecule has 0 spiro atoms. The molecule has 0 aliphatic carbocycles. The monoisotopic (exact) mass is 401 g/mol. The number of likely N-dealkylation sites (tertiary alicyclic amines) is 1. The molecule has 0 N–H and O–H groups in total. The number of piperidine rings is 1. The average Bonchev–Trinajstić information content (AvgIpc) is 2.45. The summed E-state index contributed by atoms with van der Waals surface area (Å²) in [5.41, 5.74) is 0.475. The summed E-state index contributed by atoms with van der Waals surface area (Å²) in [6.07, 6.45) is 3.18. The second-order valence-corrected chi connectivity index (χ2v) is 6.76. The minimum Gasteiger partial charge on any atom is -0.452 e. The van der Waals surface area contributed by atoms with E-state index in [1.54, 1.807) is 12.1 Å². The fourth-order valence-corrected chi connectivity index (χ4v) is 3.14. The molecular weight excluding hydrogens is 381 g/mol. The normalized spacial score (nSPS) is 22.0. The fourth-order valence-electron chi connectivity index (χ4n) is 2.78. The number of rotatable bonds is 3. The van der Waals surface area contributed by atoms with Gasteiger partial charge in [-0.3, -0.25) is 4.79 Å². The van der Waals surface area contributed by atoms with E-state index in [-0.39, 0.29) is 24.6 Å². The Bertz CT molecular complexity index is 505. The summed E-state index contributed by atoms with van der Waals surface area (Å²) in [6, 6.07) is 7.54. The van der Waals surface area contributed by atoms with Crippen molar-refractivity contribution in [2.45, 2.75) is 45.2 Å². The van der Waals surface area contributed by atoms with Crippen molar-refractivity contribution in [2.75, 3.05) is 6.61 Å². The van der Waals surface area contributed by atoms with Crippen LogP contribution in [0.5, 0.6) is 0 Å². The summed E-state index contributed by atoms with van der Waals surface area (Å²) in [4.78, 5) is 26.0. The SMILES string of the molecule is CC1CCCC(C)N1C(=O)COC(=O)c1ccc(I)cc1. The van der Waals surface area contributed by atoms with Crippen LogP contribution < -0.4 is 0 Å². The Hall–Kier alpha value is -1.11. The van der Waals surface area contributed by atoms with Crippen LogP contribution in [0.1, 0.15) is 43.5 Å². The lowest BCUT2D eigenvalue weighted by atomic mass is 9.97. The predicted octanol–water partition coefficient (Wildman–Crippen LogP) is 3.24. The Morgan fingerprint density at radius 3 is 2.33 bits per heavy atom. The van der Waals surface area contributed by atoms with Crippen molar-refractivity contribution in [2.24, 2.45) is 0 Å². The van der Waals surface area contributed by atoms with Gasteiger partial charge in [-0.1, -0.05) is 0 Å². The minimum absolute atomic E-state index is 0.103. The van der Waals surface area contributed by atoms with Gasteiger partial charge in [0.05, 0.1) is 5.56 Å². The zero-order valence-corrected chi connectivity index (χ0v) is 14.5. The van der Waals surface area contributed by atoms with Crippen LogP contribution in [0.2, 0.25) is 0 Å². The summed E-state index contributed by atoms with van der Waals surface area (Å²) < 4.78 is 6.20. The van der Waals surface area contributed by atoms with Crippen molar-refractivity contribution in [3.63, 3.8) is 0 Å². The number of ether oxygens (including phenoxy) is 1. The van der Waals surface area contributed by atoms with E-state index in [0.717, 1.165) is 22.8 Å². The molecular formula is C16H20INO3. The third kappa shape index (κ3) is 4.18. The summed E-state index contributed by atoms with van der Waals surface area (Å²) in [5, 5.41) is 0. The molecule has 1 saturated heterocycles. The van der Waals surface area contributed by atoms with Gasteiger partial charge in [0, 0.05) is 15.7 Å². The van der Waals surface area contributed by atoms with Crippen molar-refractivity contribution in [1.29, 1.82) is 0 Å². The molecule has 1 aromatic carbocycles. The van der Waals surface area contributed by atoms with E-state index in [0.29, 0.717) is 5.56 Å². The van der Waals surface area contributed by atoms with E-state index >= 15 is 0 Å².